The summed E-state index contributed by atoms with van der Waals surface area (Å²) in [5.74, 6) is 0.644. The van der Waals surface area contributed by atoms with E-state index in [1.54, 1.807) is 0 Å². The number of fused-ring (bicyclic) bond motifs is 3. The van der Waals surface area contributed by atoms with Crippen molar-refractivity contribution in [3.63, 3.8) is 0 Å². The van der Waals surface area contributed by atoms with E-state index in [0.717, 1.165) is 24.1 Å². The Balaban J connectivity index is 2.00. The molecule has 19 heavy (non-hydrogen) atoms. The molecule has 1 aliphatic heterocycles. The van der Waals surface area contributed by atoms with Crippen LogP contribution in [0.1, 0.15) is 24.3 Å². The van der Waals surface area contributed by atoms with Crippen LogP contribution in [0.4, 0.5) is 0 Å². The van der Waals surface area contributed by atoms with Gasteiger partial charge in [-0.25, -0.2) is 4.98 Å². The van der Waals surface area contributed by atoms with E-state index in [9.17, 15) is 0 Å². The molecular weight excluding hydrogens is 236 g/mol. The number of pyridine rings is 1. The third-order valence-corrected chi connectivity index (χ3v) is 4.13. The van der Waals surface area contributed by atoms with Crippen molar-refractivity contribution in [2.45, 2.75) is 18.8 Å². The van der Waals surface area contributed by atoms with Crippen LogP contribution in [0.3, 0.4) is 0 Å². The van der Waals surface area contributed by atoms with Crippen LogP contribution in [0, 0.1) is 0 Å². The number of benzene rings is 1. The van der Waals surface area contributed by atoms with Crippen molar-refractivity contribution in [3.05, 3.63) is 36.2 Å². The molecule has 1 fully saturated rings. The third kappa shape index (κ3) is 1.71. The molecule has 2 N–H and O–H groups in total. The van der Waals surface area contributed by atoms with E-state index in [1.807, 2.05) is 12.4 Å². The highest BCUT2D eigenvalue weighted by atomic mass is 15.1. The molecular formula is C15H16N4. The second-order valence-corrected chi connectivity index (χ2v) is 5.23. The molecule has 4 nitrogen and oxygen atoms in total. The van der Waals surface area contributed by atoms with Gasteiger partial charge in [-0.05, 0) is 42.8 Å². The molecule has 4 rings (SSSR count). The lowest BCUT2D eigenvalue weighted by Gasteiger charge is -2.24. The summed E-state index contributed by atoms with van der Waals surface area (Å²) in [5.41, 5.74) is 2.33. The Bertz CT molecular complexity index is 725. The monoisotopic (exact) mass is 252 g/mol. The van der Waals surface area contributed by atoms with Gasteiger partial charge in [0, 0.05) is 17.0 Å². The van der Waals surface area contributed by atoms with Gasteiger partial charge in [-0.15, -0.1) is 0 Å². The van der Waals surface area contributed by atoms with Crippen LogP contribution in [-0.4, -0.2) is 28.3 Å². The summed E-state index contributed by atoms with van der Waals surface area (Å²) in [7, 11) is 0. The molecule has 0 saturated carbocycles. The van der Waals surface area contributed by atoms with Crippen LogP contribution < -0.4 is 5.32 Å². The van der Waals surface area contributed by atoms with Crippen LogP contribution >= 0.6 is 0 Å². The van der Waals surface area contributed by atoms with Gasteiger partial charge in [0.2, 0.25) is 0 Å². The Morgan fingerprint density at radius 2 is 2.00 bits per heavy atom. The third-order valence-electron chi connectivity index (χ3n) is 4.13. The van der Waals surface area contributed by atoms with Gasteiger partial charge < -0.3 is 5.32 Å². The van der Waals surface area contributed by atoms with Gasteiger partial charge in [0.1, 0.15) is 0 Å². The van der Waals surface area contributed by atoms with Gasteiger partial charge in [-0.2, -0.15) is 5.10 Å². The summed E-state index contributed by atoms with van der Waals surface area (Å²) in [4.78, 5) is 4.43. The second kappa shape index (κ2) is 4.31. The first-order valence-electron chi connectivity index (χ1n) is 6.85. The summed E-state index contributed by atoms with van der Waals surface area (Å²) in [6.45, 7) is 2.22. The van der Waals surface area contributed by atoms with E-state index < -0.39 is 0 Å². The van der Waals surface area contributed by atoms with Crippen molar-refractivity contribution in [3.8, 4) is 0 Å². The van der Waals surface area contributed by atoms with Gasteiger partial charge in [0.15, 0.2) is 5.65 Å². The molecule has 1 aliphatic rings. The van der Waals surface area contributed by atoms with Crippen molar-refractivity contribution in [2.24, 2.45) is 0 Å². The van der Waals surface area contributed by atoms with Gasteiger partial charge in [-0.3, -0.25) is 5.10 Å². The quantitative estimate of drug-likeness (QED) is 0.700. The Kier molecular flexibility index (Phi) is 2.48. The van der Waals surface area contributed by atoms with E-state index in [4.69, 9.17) is 0 Å². The number of nitrogens with one attached hydrogen (secondary N) is 2. The molecule has 0 unspecified atom stereocenters. The van der Waals surface area contributed by atoms with Crippen LogP contribution in [0.25, 0.3) is 21.8 Å². The van der Waals surface area contributed by atoms with Gasteiger partial charge in [0.05, 0.1) is 6.20 Å². The molecule has 0 atom stereocenters. The fourth-order valence-electron chi connectivity index (χ4n) is 3.18. The number of aromatic nitrogens is 3. The summed E-state index contributed by atoms with van der Waals surface area (Å²) < 4.78 is 0. The number of hydrogen-bond donors (Lipinski definition) is 2. The zero-order chi connectivity index (χ0) is 12.7. The maximum absolute atomic E-state index is 4.43. The van der Waals surface area contributed by atoms with Crippen LogP contribution in [0.15, 0.2) is 30.6 Å². The molecule has 2 aromatic heterocycles. The maximum Gasteiger partial charge on any atom is 0.155 e. The summed E-state index contributed by atoms with van der Waals surface area (Å²) in [6.07, 6.45) is 6.26. The van der Waals surface area contributed by atoms with Crippen LogP contribution in [-0.2, 0) is 0 Å². The lowest BCUT2D eigenvalue weighted by atomic mass is 9.86. The zero-order valence-corrected chi connectivity index (χ0v) is 10.7. The molecule has 1 saturated heterocycles. The molecule has 0 spiro atoms. The number of piperidine rings is 1. The molecule has 4 heteroatoms. The Morgan fingerprint density at radius 3 is 2.89 bits per heavy atom. The fraction of sp³-hybridized carbons (Fsp3) is 0.333. The van der Waals surface area contributed by atoms with Gasteiger partial charge in [-0.1, -0.05) is 18.2 Å². The van der Waals surface area contributed by atoms with E-state index >= 15 is 0 Å². The van der Waals surface area contributed by atoms with Crippen LogP contribution in [0.2, 0.25) is 0 Å². The second-order valence-electron chi connectivity index (χ2n) is 5.23. The molecule has 1 aromatic carbocycles. The van der Waals surface area contributed by atoms with E-state index in [2.05, 4.69) is 38.7 Å². The van der Waals surface area contributed by atoms with Crippen molar-refractivity contribution < 1.29 is 0 Å². The Morgan fingerprint density at radius 1 is 1.11 bits per heavy atom. The maximum atomic E-state index is 4.43. The minimum absolute atomic E-state index is 0.644. The Hall–Kier alpha value is -1.94. The SMILES string of the molecule is c1cc(C2CCNCC2)c2c(c1)cnc1[nH]ncc12. The highest BCUT2D eigenvalue weighted by molar-refractivity contribution is 6.06. The van der Waals surface area contributed by atoms with E-state index in [0.29, 0.717) is 5.92 Å². The highest BCUT2D eigenvalue weighted by Gasteiger charge is 2.18. The average Bonchev–Trinajstić information content (AvgIpc) is 2.96. The average molecular weight is 252 g/mol. The summed E-state index contributed by atoms with van der Waals surface area (Å²) >= 11 is 0. The lowest BCUT2D eigenvalue weighted by Crippen LogP contribution is -2.26. The molecule has 96 valence electrons. The first-order chi connectivity index (χ1) is 9.43. The van der Waals surface area contributed by atoms with Crippen molar-refractivity contribution in [1.82, 2.24) is 20.5 Å². The predicted octanol–water partition coefficient (Wildman–Crippen LogP) is 2.58. The topological polar surface area (TPSA) is 53.6 Å². The predicted molar refractivity (Wildman–Crippen MR) is 76.2 cm³/mol. The Labute approximate surface area is 111 Å². The van der Waals surface area contributed by atoms with Crippen molar-refractivity contribution in [2.75, 3.05) is 13.1 Å². The minimum atomic E-state index is 0.644. The molecule has 0 radical (unpaired) electrons. The standard InChI is InChI=1S/C15H16N4/c1-2-11-8-17-15-13(9-18-19-15)14(11)12(3-1)10-4-6-16-7-5-10/h1-3,8-10,16H,4-7H2,(H,17,18,19). The van der Waals surface area contributed by atoms with Crippen molar-refractivity contribution >= 4 is 21.8 Å². The molecule has 0 aliphatic carbocycles. The van der Waals surface area contributed by atoms with E-state index in [1.165, 1.54) is 29.2 Å². The molecule has 0 bridgehead atoms. The number of hydrogen-bond acceptors (Lipinski definition) is 3. The lowest BCUT2D eigenvalue weighted by molar-refractivity contribution is 0.462. The molecule has 3 heterocycles. The minimum Gasteiger partial charge on any atom is -0.317 e. The summed E-state index contributed by atoms with van der Waals surface area (Å²) in [5, 5.41) is 14.2. The largest absolute Gasteiger partial charge is 0.317 e. The fourth-order valence-corrected chi connectivity index (χ4v) is 3.18. The normalized spacial score (nSPS) is 17.3. The molecule has 0 amide bonds. The number of rotatable bonds is 1. The first kappa shape index (κ1) is 10.9. The number of aromatic amines is 1. The van der Waals surface area contributed by atoms with Gasteiger partial charge in [0.25, 0.3) is 0 Å². The van der Waals surface area contributed by atoms with Crippen LogP contribution in [0.5, 0.6) is 0 Å². The van der Waals surface area contributed by atoms with Gasteiger partial charge >= 0.3 is 0 Å². The molecule has 3 aromatic rings. The smallest absolute Gasteiger partial charge is 0.155 e. The zero-order valence-electron chi connectivity index (χ0n) is 10.7. The number of H-pyrrole nitrogens is 1. The number of nitrogens with zero attached hydrogens (tertiary/aromatic N) is 2. The first-order valence-corrected chi connectivity index (χ1v) is 6.85. The highest BCUT2D eigenvalue weighted by Crippen LogP contribution is 2.34. The van der Waals surface area contributed by atoms with E-state index in [-0.39, 0.29) is 0 Å². The van der Waals surface area contributed by atoms with Crippen molar-refractivity contribution in [1.29, 1.82) is 0 Å². The summed E-state index contributed by atoms with van der Waals surface area (Å²) in [6, 6.07) is 6.55.